The maximum atomic E-state index is 13.4. The molecular weight excluding hydrogens is 512 g/mol. The van der Waals surface area contributed by atoms with Gasteiger partial charge in [0.25, 0.3) is 5.91 Å². The summed E-state index contributed by atoms with van der Waals surface area (Å²) in [7, 11) is -7.40. The van der Waals surface area contributed by atoms with E-state index in [1.54, 1.807) is 38.1 Å². The highest BCUT2D eigenvalue weighted by atomic mass is 32.2. The minimum absolute atomic E-state index is 0.0798. The first-order valence-electron chi connectivity index (χ1n) is 13.0. The van der Waals surface area contributed by atoms with E-state index in [0.717, 1.165) is 50.9 Å². The van der Waals surface area contributed by atoms with Crippen LogP contribution in [0.1, 0.15) is 56.3 Å². The Morgan fingerprint density at radius 2 is 1.49 bits per heavy atom. The molecule has 0 aliphatic carbocycles. The zero-order chi connectivity index (χ0) is 26.6. The highest BCUT2D eigenvalue weighted by Crippen LogP contribution is 2.33. The molecule has 2 aliphatic rings. The Labute approximate surface area is 220 Å². The number of nitrogens with one attached hydrogen (secondary N) is 1. The second kappa shape index (κ2) is 11.5. The van der Waals surface area contributed by atoms with Crippen molar-refractivity contribution in [1.82, 2.24) is 8.61 Å². The van der Waals surface area contributed by atoms with Crippen molar-refractivity contribution >= 4 is 37.3 Å². The summed E-state index contributed by atoms with van der Waals surface area (Å²) in [6.45, 7) is 6.84. The highest BCUT2D eigenvalue weighted by Gasteiger charge is 2.28. The van der Waals surface area contributed by atoms with Crippen molar-refractivity contribution < 1.29 is 21.6 Å². The molecule has 4 rings (SSSR count). The van der Waals surface area contributed by atoms with E-state index in [0.29, 0.717) is 31.9 Å². The van der Waals surface area contributed by atoms with Gasteiger partial charge in [-0.2, -0.15) is 8.61 Å². The summed E-state index contributed by atoms with van der Waals surface area (Å²) in [6.07, 6.45) is 4.81. The van der Waals surface area contributed by atoms with E-state index >= 15 is 0 Å². The van der Waals surface area contributed by atoms with Gasteiger partial charge in [0, 0.05) is 44.8 Å². The standard InChI is InChI=1S/C26H36N4O5S2/c1-3-29(4-2)36(32,33)23-13-14-25(28-15-6-5-7-16-28)24(20-23)27-26(31)21-11-10-12-22(19-21)37(34,35)30-17-8-9-18-30/h10-14,19-20H,3-9,15-18H2,1-2H3,(H,27,31). The summed E-state index contributed by atoms with van der Waals surface area (Å²) in [5.41, 5.74) is 1.35. The molecule has 1 N–H and O–H groups in total. The number of benzene rings is 2. The van der Waals surface area contributed by atoms with E-state index in [4.69, 9.17) is 0 Å². The lowest BCUT2D eigenvalue weighted by Gasteiger charge is -2.31. The van der Waals surface area contributed by atoms with Gasteiger partial charge in [-0.1, -0.05) is 19.9 Å². The number of piperidine rings is 1. The van der Waals surface area contributed by atoms with Crippen molar-refractivity contribution in [3.63, 3.8) is 0 Å². The van der Waals surface area contributed by atoms with Crippen molar-refractivity contribution in [3.05, 3.63) is 48.0 Å². The lowest BCUT2D eigenvalue weighted by Crippen LogP contribution is -2.32. The lowest BCUT2D eigenvalue weighted by molar-refractivity contribution is 0.102. The Kier molecular flexibility index (Phi) is 8.57. The fraction of sp³-hybridized carbons (Fsp3) is 0.500. The van der Waals surface area contributed by atoms with Crippen LogP contribution in [0.5, 0.6) is 0 Å². The second-order valence-electron chi connectivity index (χ2n) is 9.41. The Balaban J connectivity index is 1.68. The van der Waals surface area contributed by atoms with Gasteiger partial charge in [-0.25, -0.2) is 16.8 Å². The van der Waals surface area contributed by atoms with Crippen LogP contribution in [0.25, 0.3) is 0 Å². The summed E-state index contributed by atoms with van der Waals surface area (Å²) >= 11 is 0. The molecule has 2 aromatic carbocycles. The van der Waals surface area contributed by atoms with E-state index in [1.807, 2.05) is 0 Å². The molecule has 9 nitrogen and oxygen atoms in total. The Hall–Kier alpha value is -2.47. The molecule has 2 aromatic rings. The zero-order valence-electron chi connectivity index (χ0n) is 21.5. The van der Waals surface area contributed by atoms with E-state index in [1.165, 1.54) is 26.8 Å². The Bertz CT molecular complexity index is 1330. The van der Waals surface area contributed by atoms with E-state index < -0.39 is 26.0 Å². The number of nitrogens with zero attached hydrogens (tertiary/aromatic N) is 3. The van der Waals surface area contributed by atoms with Crippen LogP contribution in [0.2, 0.25) is 0 Å². The molecule has 37 heavy (non-hydrogen) atoms. The van der Waals surface area contributed by atoms with Gasteiger partial charge in [-0.3, -0.25) is 4.79 Å². The first-order chi connectivity index (χ1) is 17.7. The zero-order valence-corrected chi connectivity index (χ0v) is 23.2. The number of rotatable bonds is 9. The van der Waals surface area contributed by atoms with Crippen LogP contribution in [0.15, 0.2) is 52.3 Å². The maximum absolute atomic E-state index is 13.4. The Morgan fingerprint density at radius 1 is 0.838 bits per heavy atom. The molecule has 202 valence electrons. The van der Waals surface area contributed by atoms with Crippen molar-refractivity contribution in [3.8, 4) is 0 Å². The SMILES string of the molecule is CCN(CC)S(=O)(=O)c1ccc(N2CCCCC2)c(NC(=O)c2cccc(S(=O)(=O)N3CCCC3)c2)c1. The van der Waals surface area contributed by atoms with Gasteiger partial charge in [-0.05, 0) is 68.5 Å². The predicted molar refractivity (Wildman–Crippen MR) is 145 cm³/mol. The van der Waals surface area contributed by atoms with Gasteiger partial charge in [-0.15, -0.1) is 0 Å². The molecule has 11 heteroatoms. The summed E-state index contributed by atoms with van der Waals surface area (Å²) in [5, 5.41) is 2.89. The van der Waals surface area contributed by atoms with Gasteiger partial charge in [0.15, 0.2) is 0 Å². The third-order valence-electron chi connectivity index (χ3n) is 7.06. The molecule has 0 radical (unpaired) electrons. The second-order valence-corrected chi connectivity index (χ2v) is 13.3. The van der Waals surface area contributed by atoms with E-state index in [9.17, 15) is 21.6 Å². The minimum atomic E-state index is -3.73. The van der Waals surface area contributed by atoms with Crippen LogP contribution in [0.4, 0.5) is 11.4 Å². The first kappa shape index (κ1) is 27.6. The molecular formula is C26H36N4O5S2. The number of amides is 1. The van der Waals surface area contributed by atoms with E-state index in [2.05, 4.69) is 10.2 Å². The van der Waals surface area contributed by atoms with Crippen molar-refractivity contribution in [2.45, 2.75) is 55.7 Å². The number of carbonyl (C=O) groups is 1. The van der Waals surface area contributed by atoms with E-state index in [-0.39, 0.29) is 15.4 Å². The minimum Gasteiger partial charge on any atom is -0.370 e. The molecule has 0 spiro atoms. The average Bonchev–Trinajstić information content (AvgIpc) is 3.46. The fourth-order valence-corrected chi connectivity index (χ4v) is 8.02. The molecule has 1 amide bonds. The van der Waals surface area contributed by atoms with Crippen LogP contribution in [-0.2, 0) is 20.0 Å². The number of hydrogen-bond acceptors (Lipinski definition) is 6. The molecule has 0 unspecified atom stereocenters. The van der Waals surface area contributed by atoms with Crippen LogP contribution in [0.3, 0.4) is 0 Å². The molecule has 0 atom stereocenters. The number of hydrogen-bond donors (Lipinski definition) is 1. The van der Waals surface area contributed by atoms with Gasteiger partial charge in [0.05, 0.1) is 21.2 Å². The third-order valence-corrected chi connectivity index (χ3v) is 11.0. The summed E-state index contributed by atoms with van der Waals surface area (Å²) in [5.74, 6) is -0.492. The molecule has 0 saturated carbocycles. The Morgan fingerprint density at radius 3 is 2.14 bits per heavy atom. The van der Waals surface area contributed by atoms with Crippen molar-refractivity contribution in [2.75, 3.05) is 49.5 Å². The van der Waals surface area contributed by atoms with Crippen molar-refractivity contribution in [2.24, 2.45) is 0 Å². The van der Waals surface area contributed by atoms with Gasteiger partial charge < -0.3 is 10.2 Å². The quantitative estimate of drug-likeness (QED) is 0.512. The van der Waals surface area contributed by atoms with Crippen molar-refractivity contribution in [1.29, 1.82) is 0 Å². The van der Waals surface area contributed by atoms with Crippen LogP contribution >= 0.6 is 0 Å². The number of sulfonamides is 2. The summed E-state index contributed by atoms with van der Waals surface area (Å²) in [4.78, 5) is 15.7. The molecule has 0 bridgehead atoms. The molecule has 2 fully saturated rings. The van der Waals surface area contributed by atoms with Gasteiger partial charge >= 0.3 is 0 Å². The number of carbonyl (C=O) groups excluding carboxylic acids is 1. The topological polar surface area (TPSA) is 107 Å². The average molecular weight is 549 g/mol. The summed E-state index contributed by atoms with van der Waals surface area (Å²) < 4.78 is 55.3. The normalized spacial score (nSPS) is 17.3. The monoisotopic (exact) mass is 548 g/mol. The predicted octanol–water partition coefficient (Wildman–Crippen LogP) is 3.74. The smallest absolute Gasteiger partial charge is 0.255 e. The largest absolute Gasteiger partial charge is 0.370 e. The van der Waals surface area contributed by atoms with Crippen LogP contribution in [0, 0.1) is 0 Å². The summed E-state index contributed by atoms with van der Waals surface area (Å²) in [6, 6.07) is 10.9. The van der Waals surface area contributed by atoms with Gasteiger partial charge in [0.1, 0.15) is 0 Å². The molecule has 0 aromatic heterocycles. The maximum Gasteiger partial charge on any atom is 0.255 e. The molecule has 2 saturated heterocycles. The molecule has 2 heterocycles. The number of anilines is 2. The fourth-order valence-electron chi connectivity index (χ4n) is 4.97. The third kappa shape index (κ3) is 5.84. The first-order valence-corrected chi connectivity index (χ1v) is 15.9. The highest BCUT2D eigenvalue weighted by molar-refractivity contribution is 7.89. The van der Waals surface area contributed by atoms with Crippen LogP contribution < -0.4 is 10.2 Å². The van der Waals surface area contributed by atoms with Gasteiger partial charge in [0.2, 0.25) is 20.0 Å². The lowest BCUT2D eigenvalue weighted by atomic mass is 10.1. The van der Waals surface area contributed by atoms with Crippen LogP contribution in [-0.4, -0.2) is 70.6 Å². The molecule has 2 aliphatic heterocycles.